The predicted molar refractivity (Wildman–Crippen MR) is 115 cm³/mol. The van der Waals surface area contributed by atoms with E-state index < -0.39 is 0 Å². The van der Waals surface area contributed by atoms with E-state index in [1.54, 1.807) is 6.92 Å². The number of halogens is 1. The Morgan fingerprint density at radius 1 is 1.00 bits per heavy atom. The van der Waals surface area contributed by atoms with Crippen LogP contribution >= 0.6 is 0 Å². The maximum Gasteiger partial charge on any atom is 0.159 e. The predicted octanol–water partition coefficient (Wildman–Crippen LogP) is 7.57. The topological polar surface area (TPSA) is 17.1 Å². The second kappa shape index (κ2) is 10.8. The first kappa shape index (κ1) is 22.8. The Balaban J connectivity index is 0.00000364. The van der Waals surface area contributed by atoms with Gasteiger partial charge in [-0.25, -0.2) is 4.39 Å². The number of hydrogen-bond acceptors (Lipinski definition) is 1. The molecule has 2 heteroatoms. The SMILES string of the molecule is C.CCC/C(C)=C(\CCCc1ccc(F)cc1)c1cc(C(C)=O)ccc1C. The van der Waals surface area contributed by atoms with Crippen LogP contribution in [0.15, 0.2) is 48.0 Å². The quantitative estimate of drug-likeness (QED) is 0.439. The maximum absolute atomic E-state index is 13.1. The number of carbonyl (C=O) groups is 1. The van der Waals surface area contributed by atoms with Crippen molar-refractivity contribution in [2.24, 2.45) is 0 Å². The fourth-order valence-electron chi connectivity index (χ4n) is 3.39. The van der Waals surface area contributed by atoms with Gasteiger partial charge in [0.2, 0.25) is 0 Å². The molecule has 0 fully saturated rings. The number of carbonyl (C=O) groups excluding carboxylic acids is 1. The molecule has 0 amide bonds. The highest BCUT2D eigenvalue weighted by atomic mass is 19.1. The molecule has 2 aromatic carbocycles. The van der Waals surface area contributed by atoms with Crippen molar-refractivity contribution in [3.8, 4) is 0 Å². The summed E-state index contributed by atoms with van der Waals surface area (Å²) in [5.74, 6) is -0.0881. The van der Waals surface area contributed by atoms with E-state index in [1.807, 2.05) is 30.3 Å². The van der Waals surface area contributed by atoms with Gasteiger partial charge in [-0.05, 0) is 86.9 Å². The van der Waals surface area contributed by atoms with Gasteiger partial charge in [-0.2, -0.15) is 0 Å². The zero-order valence-corrected chi connectivity index (χ0v) is 16.4. The second-order valence-corrected chi connectivity index (χ2v) is 7.07. The lowest BCUT2D eigenvalue weighted by Crippen LogP contribution is -1.99. The lowest BCUT2D eigenvalue weighted by atomic mass is 9.89. The monoisotopic (exact) mass is 368 g/mol. The van der Waals surface area contributed by atoms with Gasteiger partial charge in [-0.1, -0.05) is 50.6 Å². The van der Waals surface area contributed by atoms with Crippen molar-refractivity contribution in [3.05, 3.63) is 76.1 Å². The summed E-state index contributed by atoms with van der Waals surface area (Å²) in [6.45, 7) is 8.12. The van der Waals surface area contributed by atoms with Crippen LogP contribution < -0.4 is 0 Å². The molecule has 0 aliphatic carbocycles. The molecule has 146 valence electrons. The maximum atomic E-state index is 13.1. The van der Waals surface area contributed by atoms with Gasteiger partial charge in [0.25, 0.3) is 0 Å². The molecule has 0 heterocycles. The van der Waals surface area contributed by atoms with E-state index in [0.29, 0.717) is 0 Å². The van der Waals surface area contributed by atoms with Crippen LogP contribution in [-0.2, 0) is 6.42 Å². The molecule has 0 saturated heterocycles. The molecule has 0 N–H and O–H groups in total. The molecular formula is C25H33FO. The molecule has 2 aromatic rings. The van der Waals surface area contributed by atoms with Gasteiger partial charge in [0.15, 0.2) is 5.78 Å². The van der Waals surface area contributed by atoms with Crippen LogP contribution in [-0.4, -0.2) is 5.78 Å². The Morgan fingerprint density at radius 3 is 2.26 bits per heavy atom. The average molecular weight is 369 g/mol. The molecule has 0 bridgehead atoms. The van der Waals surface area contributed by atoms with Gasteiger partial charge in [-0.3, -0.25) is 4.79 Å². The Kier molecular flexibility index (Phi) is 9.14. The first-order valence-corrected chi connectivity index (χ1v) is 9.47. The fraction of sp³-hybridized carbons (Fsp3) is 0.400. The van der Waals surface area contributed by atoms with E-state index in [0.717, 1.165) is 43.2 Å². The van der Waals surface area contributed by atoms with E-state index >= 15 is 0 Å². The second-order valence-electron chi connectivity index (χ2n) is 7.07. The highest BCUT2D eigenvalue weighted by Crippen LogP contribution is 2.30. The summed E-state index contributed by atoms with van der Waals surface area (Å²) < 4.78 is 13.1. The molecule has 0 atom stereocenters. The highest BCUT2D eigenvalue weighted by molar-refractivity contribution is 5.95. The summed E-state index contributed by atoms with van der Waals surface area (Å²) in [6, 6.07) is 12.8. The summed E-state index contributed by atoms with van der Waals surface area (Å²) in [7, 11) is 0. The summed E-state index contributed by atoms with van der Waals surface area (Å²) in [5, 5.41) is 0. The third kappa shape index (κ3) is 6.46. The Bertz CT molecular complexity index is 784. The molecule has 0 saturated carbocycles. The third-order valence-electron chi connectivity index (χ3n) is 4.91. The Hall–Kier alpha value is -2.22. The van der Waals surface area contributed by atoms with Gasteiger partial charge in [0.1, 0.15) is 5.82 Å². The smallest absolute Gasteiger partial charge is 0.159 e. The minimum atomic E-state index is -0.190. The number of benzene rings is 2. The van der Waals surface area contributed by atoms with Crippen LogP contribution in [0.5, 0.6) is 0 Å². The summed E-state index contributed by atoms with van der Waals surface area (Å²) >= 11 is 0. The number of ketones is 1. The number of Topliss-reactive ketones (excluding diaryl/α,β-unsaturated/α-hetero) is 1. The third-order valence-corrected chi connectivity index (χ3v) is 4.91. The Labute approximate surface area is 164 Å². The van der Waals surface area contributed by atoms with Crippen LogP contribution in [0.25, 0.3) is 5.57 Å². The summed E-state index contributed by atoms with van der Waals surface area (Å²) in [4.78, 5) is 11.8. The Morgan fingerprint density at radius 2 is 1.67 bits per heavy atom. The van der Waals surface area contributed by atoms with Crippen LogP contribution in [0.1, 0.15) is 80.9 Å². The lowest BCUT2D eigenvalue weighted by Gasteiger charge is -2.16. The van der Waals surface area contributed by atoms with E-state index in [9.17, 15) is 9.18 Å². The standard InChI is InChI=1S/C24H29FO.CH4/c1-5-7-17(2)23(9-6-8-20-11-14-22(25)15-12-20)24-16-21(19(4)26)13-10-18(24)3;/h10-16H,5-9H2,1-4H3;1H4/b23-17+;. The van der Waals surface area contributed by atoms with Gasteiger partial charge < -0.3 is 0 Å². The van der Waals surface area contributed by atoms with Gasteiger partial charge in [0, 0.05) is 5.56 Å². The number of rotatable bonds is 8. The first-order valence-electron chi connectivity index (χ1n) is 9.47. The average Bonchev–Trinajstić information content (AvgIpc) is 2.61. The van der Waals surface area contributed by atoms with Crippen LogP contribution in [0.3, 0.4) is 0 Å². The molecule has 0 unspecified atom stereocenters. The van der Waals surface area contributed by atoms with Crippen LogP contribution in [0.4, 0.5) is 4.39 Å². The van der Waals surface area contributed by atoms with Crippen molar-refractivity contribution in [2.45, 2.75) is 67.2 Å². The molecular weight excluding hydrogens is 335 g/mol. The van der Waals surface area contributed by atoms with Crippen molar-refractivity contribution >= 4 is 11.4 Å². The van der Waals surface area contributed by atoms with Gasteiger partial charge in [-0.15, -0.1) is 0 Å². The van der Waals surface area contributed by atoms with Crippen molar-refractivity contribution in [1.29, 1.82) is 0 Å². The number of allylic oxidation sites excluding steroid dienone is 2. The normalized spacial score (nSPS) is 11.6. The van der Waals surface area contributed by atoms with Crippen LogP contribution in [0, 0.1) is 12.7 Å². The van der Waals surface area contributed by atoms with E-state index in [-0.39, 0.29) is 19.0 Å². The molecule has 27 heavy (non-hydrogen) atoms. The molecule has 0 aliphatic heterocycles. The zero-order chi connectivity index (χ0) is 19.1. The van der Waals surface area contributed by atoms with Gasteiger partial charge >= 0.3 is 0 Å². The number of hydrogen-bond donors (Lipinski definition) is 0. The fourth-order valence-corrected chi connectivity index (χ4v) is 3.39. The minimum absolute atomic E-state index is 0. The van der Waals surface area contributed by atoms with Crippen molar-refractivity contribution in [1.82, 2.24) is 0 Å². The van der Waals surface area contributed by atoms with Crippen molar-refractivity contribution < 1.29 is 9.18 Å². The molecule has 0 radical (unpaired) electrons. The summed E-state index contributed by atoms with van der Waals surface area (Å²) in [5.41, 5.74) is 7.09. The van der Waals surface area contributed by atoms with Crippen LogP contribution in [0.2, 0.25) is 0 Å². The largest absolute Gasteiger partial charge is 0.295 e. The number of aryl methyl sites for hydroxylation is 2. The van der Waals surface area contributed by atoms with Crippen molar-refractivity contribution in [2.75, 3.05) is 0 Å². The summed E-state index contributed by atoms with van der Waals surface area (Å²) in [6.07, 6.45) is 5.07. The van der Waals surface area contributed by atoms with E-state index in [2.05, 4.69) is 20.8 Å². The lowest BCUT2D eigenvalue weighted by molar-refractivity contribution is 0.101. The van der Waals surface area contributed by atoms with Crippen molar-refractivity contribution in [3.63, 3.8) is 0 Å². The molecule has 0 aromatic heterocycles. The highest BCUT2D eigenvalue weighted by Gasteiger charge is 2.11. The zero-order valence-electron chi connectivity index (χ0n) is 16.4. The minimum Gasteiger partial charge on any atom is -0.295 e. The first-order chi connectivity index (χ1) is 12.4. The van der Waals surface area contributed by atoms with E-state index in [1.165, 1.54) is 34.4 Å². The van der Waals surface area contributed by atoms with E-state index in [4.69, 9.17) is 0 Å². The molecule has 0 aliphatic rings. The molecule has 0 spiro atoms. The molecule has 1 nitrogen and oxygen atoms in total. The van der Waals surface area contributed by atoms with Gasteiger partial charge in [0.05, 0.1) is 0 Å². The molecule has 2 rings (SSSR count).